The van der Waals surface area contributed by atoms with Crippen LogP contribution in [0.2, 0.25) is 0 Å². The number of benzene rings is 2. The highest BCUT2D eigenvalue weighted by Crippen LogP contribution is 2.29. The van der Waals surface area contributed by atoms with Gasteiger partial charge < -0.3 is 24.8 Å². The third-order valence-corrected chi connectivity index (χ3v) is 5.00. The van der Waals surface area contributed by atoms with Gasteiger partial charge in [0.25, 0.3) is 5.91 Å². The van der Waals surface area contributed by atoms with Crippen molar-refractivity contribution in [2.45, 2.75) is 26.3 Å². The Kier molecular flexibility index (Phi) is 7.76. The molecule has 2 aromatic carbocycles. The Hall–Kier alpha value is -2.73. The molecular formula is C23H30N2O4. The van der Waals surface area contributed by atoms with Gasteiger partial charge >= 0.3 is 0 Å². The molecule has 3 rings (SSSR count). The van der Waals surface area contributed by atoms with Crippen molar-refractivity contribution in [3.63, 3.8) is 0 Å². The summed E-state index contributed by atoms with van der Waals surface area (Å²) < 4.78 is 17.2. The second-order valence-electron chi connectivity index (χ2n) is 7.15. The van der Waals surface area contributed by atoms with Crippen LogP contribution in [0.4, 0.5) is 0 Å². The number of hydrogen-bond acceptors (Lipinski definition) is 5. The Labute approximate surface area is 172 Å². The lowest BCUT2D eigenvalue weighted by Gasteiger charge is -2.30. The predicted octanol–water partition coefficient (Wildman–Crippen LogP) is 3.27. The fraction of sp³-hybridized carbons (Fsp3) is 0.435. The molecule has 156 valence electrons. The van der Waals surface area contributed by atoms with Crippen LogP contribution >= 0.6 is 0 Å². The molecule has 1 fully saturated rings. The van der Waals surface area contributed by atoms with Gasteiger partial charge in [-0.2, -0.15) is 0 Å². The molecule has 6 heteroatoms. The summed E-state index contributed by atoms with van der Waals surface area (Å²) in [7, 11) is 0. The first-order valence-corrected chi connectivity index (χ1v) is 10.3. The molecule has 0 aromatic heterocycles. The Morgan fingerprint density at radius 1 is 1.07 bits per heavy atom. The zero-order chi connectivity index (χ0) is 20.5. The number of carbonyl (C=O) groups is 1. The second-order valence-corrected chi connectivity index (χ2v) is 7.15. The van der Waals surface area contributed by atoms with Gasteiger partial charge in [0, 0.05) is 18.2 Å². The monoisotopic (exact) mass is 398 g/mol. The molecule has 0 spiro atoms. The van der Waals surface area contributed by atoms with Gasteiger partial charge in [0.15, 0.2) is 11.5 Å². The smallest absolute Gasteiger partial charge is 0.251 e. The van der Waals surface area contributed by atoms with Crippen LogP contribution in [0.1, 0.15) is 30.6 Å². The third kappa shape index (κ3) is 6.12. The first-order chi connectivity index (χ1) is 14.2. The quantitative estimate of drug-likeness (QED) is 0.635. The van der Waals surface area contributed by atoms with E-state index < -0.39 is 0 Å². The van der Waals surface area contributed by atoms with Gasteiger partial charge in [-0.1, -0.05) is 25.1 Å². The van der Waals surface area contributed by atoms with Crippen LogP contribution in [0.3, 0.4) is 0 Å². The van der Waals surface area contributed by atoms with E-state index in [4.69, 9.17) is 14.2 Å². The lowest BCUT2D eigenvalue weighted by Crippen LogP contribution is -2.50. The minimum Gasteiger partial charge on any atom is -0.490 e. The van der Waals surface area contributed by atoms with E-state index in [9.17, 15) is 4.79 Å². The number of ether oxygens (including phenoxy) is 3. The maximum absolute atomic E-state index is 12.7. The van der Waals surface area contributed by atoms with Gasteiger partial charge in [0.2, 0.25) is 0 Å². The van der Waals surface area contributed by atoms with Crippen molar-refractivity contribution >= 4 is 5.91 Å². The molecular weight excluding hydrogens is 368 g/mol. The summed E-state index contributed by atoms with van der Waals surface area (Å²) in [6, 6.07) is 15.0. The number of hydrogen-bond donors (Lipinski definition) is 2. The molecule has 29 heavy (non-hydrogen) atoms. The number of nitrogens with one attached hydrogen (secondary N) is 2. The first-order valence-electron chi connectivity index (χ1n) is 10.3. The standard InChI is InChI=1S/C23H30N2O4/c1-3-27-22-15-18(23(26)25-20-16-24-12-11-17(20)2)9-10-21(22)29-14-13-28-19-7-5-4-6-8-19/h4-10,15,17,20,24H,3,11-14,16H2,1-2H3,(H,25,26). The second kappa shape index (κ2) is 10.7. The van der Waals surface area contributed by atoms with Crippen LogP contribution in [-0.2, 0) is 0 Å². The third-order valence-electron chi connectivity index (χ3n) is 5.00. The molecule has 2 unspecified atom stereocenters. The maximum atomic E-state index is 12.7. The van der Waals surface area contributed by atoms with E-state index >= 15 is 0 Å². The topological polar surface area (TPSA) is 68.8 Å². The van der Waals surface area contributed by atoms with Crippen molar-refractivity contribution in [3.8, 4) is 17.2 Å². The highest BCUT2D eigenvalue weighted by Gasteiger charge is 2.23. The fourth-order valence-corrected chi connectivity index (χ4v) is 3.30. The molecule has 2 aromatic rings. The average Bonchev–Trinajstić information content (AvgIpc) is 2.74. The van der Waals surface area contributed by atoms with Crippen LogP contribution in [0, 0.1) is 5.92 Å². The highest BCUT2D eigenvalue weighted by atomic mass is 16.5. The number of amides is 1. The van der Waals surface area contributed by atoms with Gasteiger partial charge in [0.05, 0.1) is 6.61 Å². The Balaban J connectivity index is 1.57. The zero-order valence-corrected chi connectivity index (χ0v) is 17.1. The molecule has 1 aliphatic heterocycles. The summed E-state index contributed by atoms with van der Waals surface area (Å²) in [6.45, 7) is 7.17. The molecule has 0 aliphatic carbocycles. The molecule has 1 saturated heterocycles. The van der Waals surface area contributed by atoms with Gasteiger partial charge in [-0.3, -0.25) is 4.79 Å². The van der Waals surface area contributed by atoms with Gasteiger partial charge in [-0.25, -0.2) is 0 Å². The van der Waals surface area contributed by atoms with Crippen molar-refractivity contribution in [1.82, 2.24) is 10.6 Å². The van der Waals surface area contributed by atoms with E-state index in [1.165, 1.54) is 0 Å². The van der Waals surface area contributed by atoms with Crippen LogP contribution in [0.15, 0.2) is 48.5 Å². The van der Waals surface area contributed by atoms with E-state index in [0.29, 0.717) is 42.8 Å². The normalized spacial score (nSPS) is 18.7. The predicted molar refractivity (Wildman–Crippen MR) is 113 cm³/mol. The molecule has 6 nitrogen and oxygen atoms in total. The summed E-state index contributed by atoms with van der Waals surface area (Å²) >= 11 is 0. The first kappa shape index (κ1) is 21.0. The summed E-state index contributed by atoms with van der Waals surface area (Å²) in [5, 5.41) is 6.46. The number of rotatable bonds is 9. The summed E-state index contributed by atoms with van der Waals surface area (Å²) in [4.78, 5) is 12.7. The highest BCUT2D eigenvalue weighted by molar-refractivity contribution is 5.95. The van der Waals surface area contributed by atoms with Gasteiger partial charge in [-0.05, 0) is 56.1 Å². The Bertz CT molecular complexity index is 782. The van der Waals surface area contributed by atoms with Crippen LogP contribution in [0.5, 0.6) is 17.2 Å². The average molecular weight is 399 g/mol. The van der Waals surface area contributed by atoms with Crippen molar-refractivity contribution in [2.75, 3.05) is 32.9 Å². The fourth-order valence-electron chi connectivity index (χ4n) is 3.30. The van der Waals surface area contributed by atoms with E-state index in [1.54, 1.807) is 18.2 Å². The molecule has 2 atom stereocenters. The molecule has 1 amide bonds. The molecule has 1 aliphatic rings. The van der Waals surface area contributed by atoms with Crippen LogP contribution in [-0.4, -0.2) is 44.9 Å². The minimum atomic E-state index is -0.0922. The van der Waals surface area contributed by atoms with Crippen molar-refractivity contribution in [2.24, 2.45) is 5.92 Å². The molecule has 0 bridgehead atoms. The number of para-hydroxylation sites is 1. The van der Waals surface area contributed by atoms with Crippen molar-refractivity contribution in [1.29, 1.82) is 0 Å². The Morgan fingerprint density at radius 2 is 1.86 bits per heavy atom. The lowest BCUT2D eigenvalue weighted by atomic mass is 9.94. The summed E-state index contributed by atoms with van der Waals surface area (Å²) in [6.07, 6.45) is 1.06. The Morgan fingerprint density at radius 3 is 2.62 bits per heavy atom. The molecule has 0 radical (unpaired) electrons. The van der Waals surface area contributed by atoms with Crippen LogP contribution < -0.4 is 24.8 Å². The number of piperidine rings is 1. The zero-order valence-electron chi connectivity index (χ0n) is 17.1. The van der Waals surface area contributed by atoms with Crippen molar-refractivity contribution < 1.29 is 19.0 Å². The van der Waals surface area contributed by atoms with E-state index in [1.807, 2.05) is 37.3 Å². The molecule has 1 heterocycles. The van der Waals surface area contributed by atoms with E-state index in [2.05, 4.69) is 17.6 Å². The number of carbonyl (C=O) groups excluding carboxylic acids is 1. The van der Waals surface area contributed by atoms with E-state index in [-0.39, 0.29) is 11.9 Å². The van der Waals surface area contributed by atoms with Crippen molar-refractivity contribution in [3.05, 3.63) is 54.1 Å². The minimum absolute atomic E-state index is 0.0922. The SMILES string of the molecule is CCOc1cc(C(=O)NC2CNCCC2C)ccc1OCCOc1ccccc1. The van der Waals surface area contributed by atoms with Gasteiger partial charge in [-0.15, -0.1) is 0 Å². The maximum Gasteiger partial charge on any atom is 0.251 e. The molecule has 0 saturated carbocycles. The van der Waals surface area contributed by atoms with Crippen LogP contribution in [0.25, 0.3) is 0 Å². The largest absolute Gasteiger partial charge is 0.490 e. The lowest BCUT2D eigenvalue weighted by molar-refractivity contribution is 0.0914. The summed E-state index contributed by atoms with van der Waals surface area (Å²) in [5.74, 6) is 2.34. The van der Waals surface area contributed by atoms with E-state index in [0.717, 1.165) is 25.3 Å². The summed E-state index contributed by atoms with van der Waals surface area (Å²) in [5.41, 5.74) is 0.569. The van der Waals surface area contributed by atoms with Gasteiger partial charge in [0.1, 0.15) is 19.0 Å². The molecule has 2 N–H and O–H groups in total.